The lowest BCUT2D eigenvalue weighted by Gasteiger charge is -2.09. The number of amides is 1. The fourth-order valence-corrected chi connectivity index (χ4v) is 0.491. The van der Waals surface area contributed by atoms with Gasteiger partial charge in [-0.15, -0.1) is 0 Å². The Bertz CT molecular complexity index is 110. The molecule has 0 aromatic heterocycles. The van der Waals surface area contributed by atoms with Crippen LogP contribution in [0, 0.1) is 0 Å². The lowest BCUT2D eigenvalue weighted by atomic mass is 10.9. The van der Waals surface area contributed by atoms with Crippen LogP contribution in [-0.2, 0) is 4.74 Å². The number of alkyl halides is 3. The van der Waals surface area contributed by atoms with E-state index in [0.717, 1.165) is 0 Å². The molecule has 0 heterocycles. The van der Waals surface area contributed by atoms with Crippen molar-refractivity contribution >= 4 is 53.9 Å². The highest BCUT2D eigenvalue weighted by atomic mass is 80.0. The van der Waals surface area contributed by atoms with Crippen molar-refractivity contribution in [3.05, 3.63) is 0 Å². The molecule has 0 aliphatic carbocycles. The second kappa shape index (κ2) is 3.78. The molecule has 6 heteroatoms. The molecule has 0 saturated carbocycles. The highest BCUT2D eigenvalue weighted by Gasteiger charge is 2.19. The summed E-state index contributed by atoms with van der Waals surface area (Å²) in [5, 5.41) is 0. The van der Waals surface area contributed by atoms with E-state index in [2.05, 4.69) is 52.5 Å². The molecular weight excluding hydrogens is 322 g/mol. The van der Waals surface area contributed by atoms with Crippen LogP contribution in [0.2, 0.25) is 0 Å². The van der Waals surface area contributed by atoms with Crippen molar-refractivity contribution in [3.63, 3.8) is 0 Å². The first kappa shape index (κ1) is 9.71. The minimum atomic E-state index is -1.04. The van der Waals surface area contributed by atoms with Gasteiger partial charge in [0, 0.05) is 0 Å². The molecule has 0 bridgehead atoms. The Morgan fingerprint density at radius 1 is 1.56 bits per heavy atom. The zero-order valence-electron chi connectivity index (χ0n) is 4.16. The van der Waals surface area contributed by atoms with Gasteiger partial charge in [-0.05, 0) is 0 Å². The van der Waals surface area contributed by atoms with E-state index < -0.39 is 8.24 Å². The summed E-state index contributed by atoms with van der Waals surface area (Å²) >= 11 is 9.24. The summed E-state index contributed by atoms with van der Waals surface area (Å²) in [4.78, 5) is 9.87. The Kier molecular flexibility index (Phi) is 4.07. The van der Waals surface area contributed by atoms with Crippen LogP contribution in [0.25, 0.3) is 0 Å². The Morgan fingerprint density at radius 3 is 2.11 bits per heavy atom. The third-order valence-electron chi connectivity index (χ3n) is 0.367. The van der Waals surface area contributed by atoms with Gasteiger partial charge in [0.1, 0.15) is 6.61 Å². The van der Waals surface area contributed by atoms with E-state index in [0.29, 0.717) is 0 Å². The quantitative estimate of drug-likeness (QED) is 0.695. The summed E-state index contributed by atoms with van der Waals surface area (Å²) in [6.45, 7) is 0.0648. The number of carbonyl (C=O) groups is 1. The Balaban J connectivity index is 3.39. The van der Waals surface area contributed by atoms with Crippen molar-refractivity contribution in [3.8, 4) is 0 Å². The molecule has 0 aromatic carbocycles. The van der Waals surface area contributed by atoms with E-state index in [4.69, 9.17) is 5.73 Å². The molecule has 0 aliphatic rings. The lowest BCUT2D eigenvalue weighted by molar-refractivity contribution is 0.160. The summed E-state index contributed by atoms with van der Waals surface area (Å²) < 4.78 is 3.70. The predicted molar refractivity (Wildman–Crippen MR) is 44.0 cm³/mol. The third-order valence-corrected chi connectivity index (χ3v) is 1.05. The van der Waals surface area contributed by atoms with Crippen LogP contribution in [0.5, 0.6) is 0 Å². The summed E-state index contributed by atoms with van der Waals surface area (Å²) in [5.41, 5.74) is 6.33. The molecule has 0 unspecified atom stereocenters. The van der Waals surface area contributed by atoms with Crippen LogP contribution in [0.15, 0.2) is 0 Å². The van der Waals surface area contributed by atoms with Crippen molar-refractivity contribution in [2.75, 3.05) is 6.61 Å². The Morgan fingerprint density at radius 2 is 2.00 bits per heavy atom. The highest BCUT2D eigenvalue weighted by molar-refractivity contribution is 9.39. The zero-order chi connectivity index (χ0) is 7.49. The third kappa shape index (κ3) is 8.71. The molecule has 1 N–H and O–H groups in total. The largest absolute Gasteiger partial charge is 0.445 e. The van der Waals surface area contributed by atoms with Gasteiger partial charge in [0.15, 0.2) is 2.14 Å². The Hall–Kier alpha value is 0.710. The van der Waals surface area contributed by atoms with Gasteiger partial charge in [-0.3, -0.25) is 0 Å². The molecule has 0 saturated heterocycles. The second-order valence-corrected chi connectivity index (χ2v) is 8.44. The summed E-state index contributed by atoms with van der Waals surface area (Å²) in [7, 11) is 0. The van der Waals surface area contributed by atoms with Gasteiger partial charge in [-0.25, -0.2) is 10.5 Å². The van der Waals surface area contributed by atoms with Gasteiger partial charge in [-0.1, -0.05) is 47.8 Å². The van der Waals surface area contributed by atoms with Gasteiger partial charge >= 0.3 is 6.09 Å². The van der Waals surface area contributed by atoms with E-state index in [1.54, 1.807) is 0 Å². The maximum absolute atomic E-state index is 9.87. The normalized spacial score (nSPS) is 11.0. The predicted octanol–water partition coefficient (Wildman–Crippen LogP) is 2.24. The molecule has 53 valence electrons. The molecule has 3 nitrogen and oxygen atoms in total. The molecular formula is C3H3Br3NO2. The number of hydrogen-bond donors (Lipinski definition) is 0. The lowest BCUT2D eigenvalue weighted by Crippen LogP contribution is -2.14. The van der Waals surface area contributed by atoms with Crippen molar-refractivity contribution in [2.45, 2.75) is 2.14 Å². The fraction of sp³-hybridized carbons (Fsp3) is 0.667. The number of halogens is 3. The molecule has 0 aliphatic heterocycles. The monoisotopic (exact) mass is 322 g/mol. The van der Waals surface area contributed by atoms with E-state index in [9.17, 15) is 4.79 Å². The van der Waals surface area contributed by atoms with Crippen LogP contribution in [0.1, 0.15) is 0 Å². The van der Waals surface area contributed by atoms with Crippen LogP contribution in [-0.4, -0.2) is 14.8 Å². The number of carbonyl (C=O) groups excluding carboxylic acids is 1. The van der Waals surface area contributed by atoms with E-state index in [-0.39, 0.29) is 6.61 Å². The maximum atomic E-state index is 9.87. The van der Waals surface area contributed by atoms with Gasteiger partial charge in [0.05, 0.1) is 0 Å². The fourth-order valence-electron chi connectivity index (χ4n) is 0.147. The molecule has 0 spiro atoms. The van der Waals surface area contributed by atoms with Gasteiger partial charge in [0.2, 0.25) is 0 Å². The second-order valence-electron chi connectivity index (χ2n) is 1.19. The van der Waals surface area contributed by atoms with Crippen molar-refractivity contribution in [2.24, 2.45) is 0 Å². The van der Waals surface area contributed by atoms with Crippen LogP contribution < -0.4 is 5.73 Å². The number of rotatable bonds is 1. The van der Waals surface area contributed by atoms with Crippen molar-refractivity contribution in [1.29, 1.82) is 0 Å². The Labute approximate surface area is 77.7 Å². The van der Waals surface area contributed by atoms with Gasteiger partial charge < -0.3 is 4.74 Å². The van der Waals surface area contributed by atoms with E-state index in [1.807, 2.05) is 0 Å². The van der Waals surface area contributed by atoms with Crippen LogP contribution in [0.4, 0.5) is 4.79 Å². The zero-order valence-corrected chi connectivity index (χ0v) is 8.92. The minimum Gasteiger partial charge on any atom is -0.445 e. The molecule has 0 fully saturated rings. The highest BCUT2D eigenvalue weighted by Crippen LogP contribution is 2.33. The number of nitrogens with one attached hydrogen (secondary N) is 1. The van der Waals surface area contributed by atoms with Crippen molar-refractivity contribution in [1.82, 2.24) is 5.73 Å². The van der Waals surface area contributed by atoms with Gasteiger partial charge in [0.25, 0.3) is 0 Å². The average molecular weight is 325 g/mol. The topological polar surface area (TPSA) is 50.1 Å². The molecule has 9 heavy (non-hydrogen) atoms. The summed E-state index contributed by atoms with van der Waals surface area (Å²) in [6, 6.07) is 0. The standard InChI is InChI=1S/C3H3Br3NO2/c4-3(5,6)1-9-2(7)8/h7H,1H2. The average Bonchev–Trinajstić information content (AvgIpc) is 1.59. The first-order valence-electron chi connectivity index (χ1n) is 1.87. The number of hydrogen-bond acceptors (Lipinski definition) is 2. The number of ether oxygens (including phenoxy) is 1. The van der Waals surface area contributed by atoms with E-state index in [1.165, 1.54) is 0 Å². The van der Waals surface area contributed by atoms with Gasteiger partial charge in [-0.2, -0.15) is 0 Å². The molecule has 1 amide bonds. The molecule has 1 radical (unpaired) electrons. The van der Waals surface area contributed by atoms with Crippen LogP contribution >= 0.6 is 47.8 Å². The SMILES string of the molecule is [NH]C(=O)OCC(Br)(Br)Br. The smallest absolute Gasteiger partial charge is 0.426 e. The van der Waals surface area contributed by atoms with Crippen molar-refractivity contribution < 1.29 is 9.53 Å². The molecule has 0 rings (SSSR count). The molecule has 0 aromatic rings. The first-order chi connectivity index (χ1) is 3.92. The van der Waals surface area contributed by atoms with E-state index >= 15 is 0 Å². The first-order valence-corrected chi connectivity index (χ1v) is 4.25. The van der Waals surface area contributed by atoms with Crippen LogP contribution in [0.3, 0.4) is 0 Å². The minimum absolute atomic E-state index is 0.0648. The summed E-state index contributed by atoms with van der Waals surface area (Å²) in [6.07, 6.45) is -1.04. The molecule has 0 atom stereocenters. The summed E-state index contributed by atoms with van der Waals surface area (Å²) in [5.74, 6) is 0. The maximum Gasteiger partial charge on any atom is 0.426 e.